The Morgan fingerprint density at radius 1 is 1.05 bits per heavy atom. The minimum Gasteiger partial charge on any atom is -0.393 e. The van der Waals surface area contributed by atoms with E-state index in [1.54, 1.807) is 0 Å². The van der Waals surface area contributed by atoms with Crippen molar-refractivity contribution < 1.29 is 9.90 Å². The number of carbonyl (C=O) groups is 1. The molecule has 3 aliphatic carbocycles. The van der Waals surface area contributed by atoms with Gasteiger partial charge in [-0.25, -0.2) is 0 Å². The molecule has 0 aromatic carbocycles. The zero-order valence-electron chi connectivity index (χ0n) is 13.4. The van der Waals surface area contributed by atoms with Crippen molar-refractivity contribution in [2.75, 3.05) is 6.54 Å². The van der Waals surface area contributed by atoms with Gasteiger partial charge in [-0.05, 0) is 73.0 Å². The smallest absolute Gasteiger partial charge is 0.220 e. The fourth-order valence-corrected chi connectivity index (χ4v) is 6.76. The van der Waals surface area contributed by atoms with Crippen molar-refractivity contribution in [3.8, 4) is 0 Å². The lowest BCUT2D eigenvalue weighted by molar-refractivity contribution is -0.145. The molecule has 4 rings (SSSR count). The van der Waals surface area contributed by atoms with Crippen molar-refractivity contribution in [2.45, 2.75) is 64.9 Å². The highest BCUT2D eigenvalue weighted by Crippen LogP contribution is 2.64. The van der Waals surface area contributed by atoms with Crippen LogP contribution in [0.1, 0.15) is 58.8 Å². The number of aliphatic hydroxyl groups excluding tert-OH is 1. The zero-order valence-corrected chi connectivity index (χ0v) is 13.4. The second-order valence-electron chi connectivity index (χ2n) is 8.78. The van der Waals surface area contributed by atoms with Gasteiger partial charge in [0.25, 0.3) is 0 Å². The third kappa shape index (κ3) is 1.79. The number of rotatable bonds is 0. The number of carbonyl (C=O) groups excluding carboxylic acids is 1. The third-order valence-electron chi connectivity index (χ3n) is 8.10. The average Bonchev–Trinajstić information content (AvgIpc) is 2.74. The first-order chi connectivity index (χ1) is 9.95. The minimum atomic E-state index is -0.0939. The molecule has 1 aliphatic heterocycles. The lowest BCUT2D eigenvalue weighted by atomic mass is 9.46. The number of aliphatic hydroxyl groups is 1. The zero-order chi connectivity index (χ0) is 14.8. The molecule has 0 radical (unpaired) electrons. The Kier molecular flexibility index (Phi) is 2.99. The first-order valence-electron chi connectivity index (χ1n) is 8.90. The van der Waals surface area contributed by atoms with Crippen LogP contribution in [-0.4, -0.2) is 23.7 Å². The van der Waals surface area contributed by atoms with E-state index < -0.39 is 0 Å². The molecule has 0 aromatic heterocycles. The van der Waals surface area contributed by atoms with Crippen LogP contribution < -0.4 is 5.32 Å². The summed E-state index contributed by atoms with van der Waals surface area (Å²) in [6.07, 6.45) is 7.78. The number of nitrogens with one attached hydrogen (secondary N) is 1. The molecule has 3 heteroatoms. The van der Waals surface area contributed by atoms with E-state index in [4.69, 9.17) is 0 Å². The molecular weight excluding hydrogens is 262 g/mol. The van der Waals surface area contributed by atoms with Crippen molar-refractivity contribution in [2.24, 2.45) is 34.5 Å². The Morgan fingerprint density at radius 3 is 2.62 bits per heavy atom. The summed E-state index contributed by atoms with van der Waals surface area (Å²) in [5.74, 6) is 3.06. The highest BCUT2D eigenvalue weighted by Gasteiger charge is 2.60. The predicted molar refractivity (Wildman–Crippen MR) is 81.5 cm³/mol. The number of fused-ring (bicyclic) bond motifs is 5. The Balaban J connectivity index is 1.66. The monoisotopic (exact) mass is 291 g/mol. The van der Waals surface area contributed by atoms with Crippen LogP contribution in [0.4, 0.5) is 0 Å². The van der Waals surface area contributed by atoms with Gasteiger partial charge in [0.1, 0.15) is 0 Å². The van der Waals surface area contributed by atoms with Crippen molar-refractivity contribution in [3.63, 3.8) is 0 Å². The molecule has 0 spiro atoms. The van der Waals surface area contributed by atoms with Crippen LogP contribution in [0.5, 0.6) is 0 Å². The van der Waals surface area contributed by atoms with Crippen molar-refractivity contribution in [3.05, 3.63) is 0 Å². The molecule has 7 unspecified atom stereocenters. The molecule has 0 bridgehead atoms. The first kappa shape index (κ1) is 14.0. The van der Waals surface area contributed by atoms with E-state index in [1.165, 1.54) is 25.7 Å². The van der Waals surface area contributed by atoms with Gasteiger partial charge in [0.15, 0.2) is 0 Å². The van der Waals surface area contributed by atoms with Crippen LogP contribution in [0.25, 0.3) is 0 Å². The molecule has 4 aliphatic rings. The molecule has 118 valence electrons. The van der Waals surface area contributed by atoms with Gasteiger partial charge in [-0.15, -0.1) is 0 Å². The lowest BCUT2D eigenvalue weighted by Gasteiger charge is -2.59. The summed E-state index contributed by atoms with van der Waals surface area (Å²) in [7, 11) is 0. The molecular formula is C18H29NO2. The van der Waals surface area contributed by atoms with E-state index in [-0.39, 0.29) is 22.8 Å². The normalized spacial score (nSPS) is 56.1. The molecule has 7 atom stereocenters. The molecule has 4 fully saturated rings. The Morgan fingerprint density at radius 2 is 1.81 bits per heavy atom. The maximum Gasteiger partial charge on any atom is 0.220 e. The number of hydrogen-bond donors (Lipinski definition) is 2. The number of amides is 1. The molecule has 0 aromatic rings. The Labute approximate surface area is 127 Å². The van der Waals surface area contributed by atoms with Gasteiger partial charge in [-0.1, -0.05) is 13.8 Å². The lowest BCUT2D eigenvalue weighted by Crippen LogP contribution is -2.58. The van der Waals surface area contributed by atoms with E-state index in [0.717, 1.165) is 31.7 Å². The van der Waals surface area contributed by atoms with Gasteiger partial charge in [0.2, 0.25) is 5.91 Å². The summed E-state index contributed by atoms with van der Waals surface area (Å²) in [4.78, 5) is 12.0. The van der Waals surface area contributed by atoms with Crippen molar-refractivity contribution >= 4 is 5.91 Å². The standard InChI is InChI=1S/C18H29NO2/c1-17-8-7-14-12(13(17)5-6-15(17)20)4-3-11-10-19-16(21)9-18(11,14)2/h11-15,20H,3-10H2,1-2H3,(H,19,21). The van der Waals surface area contributed by atoms with Gasteiger partial charge in [-0.2, -0.15) is 0 Å². The Hall–Kier alpha value is -0.570. The molecule has 3 nitrogen and oxygen atoms in total. The van der Waals surface area contributed by atoms with Crippen molar-refractivity contribution in [1.29, 1.82) is 0 Å². The van der Waals surface area contributed by atoms with E-state index >= 15 is 0 Å². The maximum atomic E-state index is 12.0. The summed E-state index contributed by atoms with van der Waals surface area (Å²) >= 11 is 0. The van der Waals surface area contributed by atoms with E-state index in [0.29, 0.717) is 17.8 Å². The number of hydrogen-bond acceptors (Lipinski definition) is 2. The molecule has 1 saturated heterocycles. The quantitative estimate of drug-likeness (QED) is 0.721. The van der Waals surface area contributed by atoms with Gasteiger partial charge in [0.05, 0.1) is 6.10 Å². The van der Waals surface area contributed by atoms with Crippen LogP contribution in [0.2, 0.25) is 0 Å². The molecule has 3 saturated carbocycles. The second kappa shape index (κ2) is 4.47. The fourth-order valence-electron chi connectivity index (χ4n) is 6.76. The second-order valence-corrected chi connectivity index (χ2v) is 8.78. The van der Waals surface area contributed by atoms with Crippen molar-refractivity contribution in [1.82, 2.24) is 5.32 Å². The third-order valence-corrected chi connectivity index (χ3v) is 8.10. The fraction of sp³-hybridized carbons (Fsp3) is 0.944. The van der Waals surface area contributed by atoms with Crippen LogP contribution in [0.3, 0.4) is 0 Å². The summed E-state index contributed by atoms with van der Waals surface area (Å²) < 4.78 is 0. The largest absolute Gasteiger partial charge is 0.393 e. The minimum absolute atomic E-state index is 0.0939. The Bertz CT molecular complexity index is 464. The van der Waals surface area contributed by atoms with E-state index in [2.05, 4.69) is 19.2 Å². The summed E-state index contributed by atoms with van der Waals surface area (Å²) in [5, 5.41) is 13.5. The van der Waals surface area contributed by atoms with Gasteiger partial charge in [0, 0.05) is 13.0 Å². The topological polar surface area (TPSA) is 49.3 Å². The van der Waals surface area contributed by atoms with Crippen LogP contribution in [0.15, 0.2) is 0 Å². The average molecular weight is 291 g/mol. The summed E-state index contributed by atoms with van der Waals surface area (Å²) in [6.45, 7) is 5.61. The molecule has 1 heterocycles. The molecule has 2 N–H and O–H groups in total. The summed E-state index contributed by atoms with van der Waals surface area (Å²) in [5.41, 5.74) is 0.363. The highest BCUT2D eigenvalue weighted by atomic mass is 16.3. The van der Waals surface area contributed by atoms with Gasteiger partial charge < -0.3 is 10.4 Å². The highest BCUT2D eigenvalue weighted by molar-refractivity contribution is 5.77. The predicted octanol–water partition coefficient (Wildman–Crippen LogP) is 2.73. The van der Waals surface area contributed by atoms with Crippen LogP contribution >= 0.6 is 0 Å². The first-order valence-corrected chi connectivity index (χ1v) is 8.90. The van der Waals surface area contributed by atoms with Gasteiger partial charge in [-0.3, -0.25) is 4.79 Å². The number of piperidine rings is 1. The molecule has 1 amide bonds. The van der Waals surface area contributed by atoms with Crippen LogP contribution in [0, 0.1) is 34.5 Å². The SMILES string of the molecule is CC12CCC3C(CCC4CNC(=O)CC43C)C1CCC2O. The van der Waals surface area contributed by atoms with Crippen LogP contribution in [-0.2, 0) is 4.79 Å². The molecule has 21 heavy (non-hydrogen) atoms. The summed E-state index contributed by atoms with van der Waals surface area (Å²) in [6, 6.07) is 0. The van der Waals surface area contributed by atoms with E-state index in [1.807, 2.05) is 0 Å². The van der Waals surface area contributed by atoms with E-state index in [9.17, 15) is 9.90 Å². The maximum absolute atomic E-state index is 12.0. The van der Waals surface area contributed by atoms with Gasteiger partial charge >= 0.3 is 0 Å².